The number of nitrogens with one attached hydrogen (secondary N) is 2. The van der Waals surface area contributed by atoms with Gasteiger partial charge in [-0.1, -0.05) is 13.0 Å². The minimum absolute atomic E-state index is 0.375. The summed E-state index contributed by atoms with van der Waals surface area (Å²) >= 11 is 3.92. The van der Waals surface area contributed by atoms with E-state index in [2.05, 4.69) is 58.7 Å². The highest BCUT2D eigenvalue weighted by atomic mass is 32.2. The number of hydrogen-bond acceptors (Lipinski definition) is 3. The van der Waals surface area contributed by atoms with E-state index in [1.165, 1.54) is 23.5 Å². The number of hydrogen-bond donors (Lipinski definition) is 2. The number of rotatable bonds is 6. The van der Waals surface area contributed by atoms with Crippen molar-refractivity contribution < 1.29 is 0 Å². The Bertz CT molecular complexity index is 436. The molecule has 1 saturated heterocycles. The van der Waals surface area contributed by atoms with Crippen LogP contribution in [0, 0.1) is 5.92 Å². The molecule has 0 aromatic carbocycles. The van der Waals surface area contributed by atoms with Gasteiger partial charge in [0.2, 0.25) is 0 Å². The molecule has 0 amide bonds. The molecule has 1 aromatic rings. The minimum atomic E-state index is 0.375. The first-order valence-electron chi connectivity index (χ1n) is 7.72. The summed E-state index contributed by atoms with van der Waals surface area (Å²) in [5, 5.41) is 9.09. The lowest BCUT2D eigenvalue weighted by Crippen LogP contribution is -2.44. The lowest BCUT2D eigenvalue weighted by Gasteiger charge is -2.24. The minimum Gasteiger partial charge on any atom is -0.356 e. The fraction of sp³-hybridized carbons (Fsp3) is 0.688. The number of thiophene rings is 1. The van der Waals surface area contributed by atoms with E-state index in [9.17, 15) is 0 Å². The third kappa shape index (κ3) is 5.55. The van der Waals surface area contributed by atoms with Crippen LogP contribution in [-0.4, -0.2) is 36.6 Å². The van der Waals surface area contributed by atoms with E-state index in [0.29, 0.717) is 10.7 Å². The summed E-state index contributed by atoms with van der Waals surface area (Å²) in [5.74, 6) is 2.84. The van der Waals surface area contributed by atoms with E-state index in [1.807, 2.05) is 18.4 Å². The van der Waals surface area contributed by atoms with Gasteiger partial charge in [0.15, 0.2) is 5.96 Å². The van der Waals surface area contributed by atoms with Crippen LogP contribution in [0.1, 0.15) is 31.6 Å². The van der Waals surface area contributed by atoms with E-state index in [1.54, 1.807) is 0 Å². The second-order valence-electron chi connectivity index (χ2n) is 6.10. The predicted octanol–water partition coefficient (Wildman–Crippen LogP) is 3.38. The molecule has 0 radical (unpaired) electrons. The van der Waals surface area contributed by atoms with Crippen molar-refractivity contribution in [2.45, 2.75) is 37.9 Å². The Morgan fingerprint density at radius 2 is 2.33 bits per heavy atom. The zero-order valence-corrected chi connectivity index (χ0v) is 14.9. The van der Waals surface area contributed by atoms with Crippen molar-refractivity contribution in [2.24, 2.45) is 10.9 Å². The molecule has 3 nitrogen and oxygen atoms in total. The molecule has 118 valence electrons. The molecule has 1 aliphatic heterocycles. The van der Waals surface area contributed by atoms with Crippen LogP contribution >= 0.6 is 23.1 Å². The van der Waals surface area contributed by atoms with Crippen LogP contribution in [-0.2, 0) is 6.42 Å². The van der Waals surface area contributed by atoms with Crippen molar-refractivity contribution in [3.05, 3.63) is 22.4 Å². The summed E-state index contributed by atoms with van der Waals surface area (Å²) < 4.78 is 0.375. The molecule has 2 heterocycles. The Hall–Kier alpha value is -0.680. The summed E-state index contributed by atoms with van der Waals surface area (Å²) in [6.07, 6.45) is 3.78. The lowest BCUT2D eigenvalue weighted by atomic mass is 10.1. The summed E-state index contributed by atoms with van der Waals surface area (Å²) in [4.78, 5) is 5.80. The van der Waals surface area contributed by atoms with Gasteiger partial charge in [-0.3, -0.25) is 4.99 Å². The highest BCUT2D eigenvalue weighted by Gasteiger charge is 2.29. The van der Waals surface area contributed by atoms with Gasteiger partial charge < -0.3 is 10.6 Å². The maximum Gasteiger partial charge on any atom is 0.191 e. The van der Waals surface area contributed by atoms with Crippen molar-refractivity contribution >= 4 is 29.1 Å². The van der Waals surface area contributed by atoms with Crippen LogP contribution in [0.4, 0.5) is 0 Å². The molecule has 2 atom stereocenters. The van der Waals surface area contributed by atoms with Gasteiger partial charge in [-0.25, -0.2) is 0 Å². The summed E-state index contributed by atoms with van der Waals surface area (Å²) in [5.41, 5.74) is 0. The standard InChI is InChI=1S/C16H27N3S2/c1-13(10-14-6-4-8-20-14)11-18-15(17-3)19-12-16(2)7-5-9-21-16/h4,6,8,13H,5,7,9-12H2,1-3H3,(H2,17,18,19). The average Bonchev–Trinajstić information content (AvgIpc) is 3.11. The fourth-order valence-electron chi connectivity index (χ4n) is 2.58. The molecule has 2 unspecified atom stereocenters. The van der Waals surface area contributed by atoms with Gasteiger partial charge in [0.25, 0.3) is 0 Å². The van der Waals surface area contributed by atoms with Crippen molar-refractivity contribution in [2.75, 3.05) is 25.9 Å². The smallest absolute Gasteiger partial charge is 0.191 e. The zero-order chi connectivity index (χ0) is 15.1. The normalized spacial score (nSPS) is 24.0. The third-order valence-electron chi connectivity index (χ3n) is 3.90. The second kappa shape index (κ2) is 8.08. The van der Waals surface area contributed by atoms with Gasteiger partial charge >= 0.3 is 0 Å². The summed E-state index contributed by atoms with van der Waals surface area (Å²) in [6, 6.07) is 4.34. The number of aliphatic imine (C=N–C) groups is 1. The highest BCUT2D eigenvalue weighted by molar-refractivity contribution is 8.00. The molecule has 1 aliphatic rings. The molecular formula is C16H27N3S2. The summed E-state index contributed by atoms with van der Waals surface area (Å²) in [7, 11) is 1.85. The first kappa shape index (κ1) is 16.7. The average molecular weight is 326 g/mol. The van der Waals surface area contributed by atoms with E-state index < -0.39 is 0 Å². The van der Waals surface area contributed by atoms with Crippen LogP contribution in [0.5, 0.6) is 0 Å². The molecule has 21 heavy (non-hydrogen) atoms. The lowest BCUT2D eigenvalue weighted by molar-refractivity contribution is 0.550. The van der Waals surface area contributed by atoms with Crippen molar-refractivity contribution in [3.8, 4) is 0 Å². The SMILES string of the molecule is CN=C(NCC(C)Cc1cccs1)NCC1(C)CCCS1. The van der Waals surface area contributed by atoms with Crippen molar-refractivity contribution in [3.63, 3.8) is 0 Å². The Morgan fingerprint density at radius 3 is 2.95 bits per heavy atom. The van der Waals surface area contributed by atoms with Gasteiger partial charge in [0, 0.05) is 29.8 Å². The first-order valence-corrected chi connectivity index (χ1v) is 9.59. The molecule has 5 heteroatoms. The molecule has 2 N–H and O–H groups in total. The second-order valence-corrected chi connectivity index (χ2v) is 8.81. The van der Waals surface area contributed by atoms with Crippen LogP contribution in [0.2, 0.25) is 0 Å². The van der Waals surface area contributed by atoms with Gasteiger partial charge in [0.05, 0.1) is 0 Å². The number of thioether (sulfide) groups is 1. The maximum atomic E-state index is 4.34. The van der Waals surface area contributed by atoms with E-state index >= 15 is 0 Å². The van der Waals surface area contributed by atoms with Gasteiger partial charge in [0.1, 0.15) is 0 Å². The molecule has 2 rings (SSSR count). The molecule has 0 saturated carbocycles. The summed E-state index contributed by atoms with van der Waals surface area (Å²) in [6.45, 7) is 6.59. The predicted molar refractivity (Wildman–Crippen MR) is 96.6 cm³/mol. The Kier molecular flexibility index (Phi) is 6.42. The monoisotopic (exact) mass is 325 g/mol. The van der Waals surface area contributed by atoms with Crippen molar-refractivity contribution in [1.82, 2.24) is 10.6 Å². The topological polar surface area (TPSA) is 36.4 Å². The van der Waals surface area contributed by atoms with Crippen LogP contribution < -0.4 is 10.6 Å². The molecule has 0 bridgehead atoms. The van der Waals surface area contributed by atoms with Gasteiger partial charge in [-0.05, 0) is 49.3 Å². The van der Waals surface area contributed by atoms with E-state index in [4.69, 9.17) is 0 Å². The van der Waals surface area contributed by atoms with Crippen molar-refractivity contribution in [1.29, 1.82) is 0 Å². The fourth-order valence-corrected chi connectivity index (χ4v) is 4.70. The van der Waals surface area contributed by atoms with E-state index in [-0.39, 0.29) is 0 Å². The molecule has 0 aliphatic carbocycles. The highest BCUT2D eigenvalue weighted by Crippen LogP contribution is 2.36. The van der Waals surface area contributed by atoms with E-state index in [0.717, 1.165) is 25.5 Å². The zero-order valence-electron chi connectivity index (χ0n) is 13.3. The molecule has 0 spiro atoms. The number of guanidine groups is 1. The van der Waals surface area contributed by atoms with Gasteiger partial charge in [-0.15, -0.1) is 11.3 Å². The Labute approximate surface area is 137 Å². The third-order valence-corrected chi connectivity index (χ3v) is 6.34. The Morgan fingerprint density at radius 1 is 1.48 bits per heavy atom. The van der Waals surface area contributed by atoms with Crippen LogP contribution in [0.3, 0.4) is 0 Å². The van der Waals surface area contributed by atoms with Gasteiger partial charge in [-0.2, -0.15) is 11.8 Å². The number of nitrogens with zero attached hydrogens (tertiary/aromatic N) is 1. The van der Waals surface area contributed by atoms with Crippen LogP contribution in [0.15, 0.2) is 22.5 Å². The molecular weight excluding hydrogens is 298 g/mol. The van der Waals surface area contributed by atoms with Crippen LogP contribution in [0.25, 0.3) is 0 Å². The molecule has 1 fully saturated rings. The quantitative estimate of drug-likeness (QED) is 0.622. The maximum absolute atomic E-state index is 4.34. The first-order chi connectivity index (χ1) is 10.1. The molecule has 1 aromatic heterocycles. The largest absolute Gasteiger partial charge is 0.356 e. The Balaban J connectivity index is 1.70.